The van der Waals surface area contributed by atoms with Crippen molar-refractivity contribution >= 4 is 17.3 Å². The van der Waals surface area contributed by atoms with Gasteiger partial charge in [0.25, 0.3) is 5.91 Å². The molecule has 0 aliphatic carbocycles. The van der Waals surface area contributed by atoms with Crippen molar-refractivity contribution in [1.29, 1.82) is 0 Å². The number of nitrogens with zero attached hydrogens (tertiary/aromatic N) is 1. The Balaban J connectivity index is 2.18. The molecule has 0 bridgehead atoms. The molecule has 0 saturated heterocycles. The van der Waals surface area contributed by atoms with E-state index in [0.29, 0.717) is 17.8 Å². The van der Waals surface area contributed by atoms with Gasteiger partial charge in [-0.05, 0) is 30.3 Å². The maximum atomic E-state index is 11.5. The molecule has 1 aromatic heterocycles. The third-order valence-corrected chi connectivity index (χ3v) is 2.90. The summed E-state index contributed by atoms with van der Waals surface area (Å²) in [5, 5.41) is 2.57. The first-order chi connectivity index (χ1) is 9.11. The molecule has 3 N–H and O–H groups in total. The topological polar surface area (TPSA) is 71.5 Å². The second-order valence-corrected chi connectivity index (χ2v) is 4.29. The number of carbonyl (C=O) groups excluding carboxylic acids is 1. The molecule has 1 heterocycles. The number of hydrogen-bond donors (Lipinski definition) is 2. The molecule has 0 atom stereocenters. The summed E-state index contributed by atoms with van der Waals surface area (Å²) in [6.45, 7) is 0.622. The van der Waals surface area contributed by atoms with Gasteiger partial charge in [-0.2, -0.15) is 0 Å². The molecule has 0 aliphatic heterocycles. The number of benzene rings is 1. The van der Waals surface area contributed by atoms with E-state index in [1.54, 1.807) is 25.4 Å². The summed E-state index contributed by atoms with van der Waals surface area (Å²) in [7, 11) is 3.52. The number of nitrogen functional groups attached to an aromatic ring is 1. The van der Waals surface area contributed by atoms with Crippen molar-refractivity contribution < 1.29 is 9.21 Å². The second kappa shape index (κ2) is 5.48. The lowest BCUT2D eigenvalue weighted by molar-refractivity contribution is 0.0963. The number of furan rings is 1. The van der Waals surface area contributed by atoms with E-state index in [0.717, 1.165) is 11.4 Å². The van der Waals surface area contributed by atoms with Gasteiger partial charge in [-0.1, -0.05) is 0 Å². The first-order valence-corrected chi connectivity index (χ1v) is 5.97. The number of nitrogens with two attached hydrogens (primary N) is 1. The van der Waals surface area contributed by atoms with Crippen molar-refractivity contribution in [3.8, 4) is 0 Å². The number of amides is 1. The quantitative estimate of drug-likeness (QED) is 0.822. The van der Waals surface area contributed by atoms with Crippen LogP contribution in [0.25, 0.3) is 0 Å². The van der Waals surface area contributed by atoms with Crippen LogP contribution in [0.5, 0.6) is 0 Å². The van der Waals surface area contributed by atoms with E-state index < -0.39 is 0 Å². The second-order valence-electron chi connectivity index (χ2n) is 4.29. The predicted octanol–water partition coefficient (Wildman–Crippen LogP) is 1.86. The molecule has 19 heavy (non-hydrogen) atoms. The molecular formula is C14H17N3O2. The van der Waals surface area contributed by atoms with Crippen LogP contribution in [0.2, 0.25) is 0 Å². The number of nitrogens with one attached hydrogen (secondary N) is 1. The predicted molar refractivity (Wildman–Crippen MR) is 75.1 cm³/mol. The van der Waals surface area contributed by atoms with Gasteiger partial charge in [-0.3, -0.25) is 4.79 Å². The summed E-state index contributed by atoms with van der Waals surface area (Å²) in [4.78, 5) is 13.5. The van der Waals surface area contributed by atoms with Gasteiger partial charge in [0.1, 0.15) is 5.76 Å². The minimum Gasteiger partial charge on any atom is -0.467 e. The number of hydrogen-bond acceptors (Lipinski definition) is 4. The largest absolute Gasteiger partial charge is 0.467 e. The minimum atomic E-state index is -0.146. The maximum absolute atomic E-state index is 11.5. The van der Waals surface area contributed by atoms with Gasteiger partial charge >= 0.3 is 0 Å². The monoisotopic (exact) mass is 259 g/mol. The Labute approximate surface area is 112 Å². The van der Waals surface area contributed by atoms with E-state index in [4.69, 9.17) is 10.2 Å². The Bertz CT molecular complexity index is 564. The van der Waals surface area contributed by atoms with Crippen LogP contribution in [-0.2, 0) is 6.54 Å². The minimum absolute atomic E-state index is 0.146. The van der Waals surface area contributed by atoms with Crippen LogP contribution < -0.4 is 16.0 Å². The molecule has 100 valence electrons. The van der Waals surface area contributed by atoms with E-state index in [-0.39, 0.29) is 5.91 Å². The highest BCUT2D eigenvalue weighted by atomic mass is 16.3. The van der Waals surface area contributed by atoms with Gasteiger partial charge in [-0.15, -0.1) is 0 Å². The SMILES string of the molecule is CNC(=O)c1ccc(N(C)Cc2ccco2)c(N)c1. The average molecular weight is 259 g/mol. The van der Waals surface area contributed by atoms with Crippen molar-refractivity contribution in [3.05, 3.63) is 47.9 Å². The zero-order valence-corrected chi connectivity index (χ0v) is 11.0. The van der Waals surface area contributed by atoms with Crippen LogP contribution in [-0.4, -0.2) is 20.0 Å². The van der Waals surface area contributed by atoms with Crippen molar-refractivity contribution in [1.82, 2.24) is 5.32 Å². The first kappa shape index (κ1) is 13.0. The Kier molecular flexibility index (Phi) is 3.75. The van der Waals surface area contributed by atoms with Gasteiger partial charge in [0.15, 0.2) is 0 Å². The highest BCUT2D eigenvalue weighted by Crippen LogP contribution is 2.24. The standard InChI is InChI=1S/C14H17N3O2/c1-16-14(18)10-5-6-13(12(15)8-10)17(2)9-11-4-3-7-19-11/h3-8H,9,15H2,1-2H3,(H,16,18). The summed E-state index contributed by atoms with van der Waals surface area (Å²) < 4.78 is 5.30. The number of carbonyl (C=O) groups is 1. The summed E-state index contributed by atoms with van der Waals surface area (Å²) in [5.74, 6) is 0.712. The molecule has 0 radical (unpaired) electrons. The summed E-state index contributed by atoms with van der Waals surface area (Å²) in [5.41, 5.74) is 7.97. The van der Waals surface area contributed by atoms with Crippen LogP contribution in [0.1, 0.15) is 16.1 Å². The van der Waals surface area contributed by atoms with E-state index in [1.165, 1.54) is 0 Å². The van der Waals surface area contributed by atoms with Gasteiger partial charge in [0.05, 0.1) is 24.2 Å². The summed E-state index contributed by atoms with van der Waals surface area (Å²) in [6.07, 6.45) is 1.64. The summed E-state index contributed by atoms with van der Waals surface area (Å²) >= 11 is 0. The van der Waals surface area contributed by atoms with Crippen molar-refractivity contribution in [2.24, 2.45) is 0 Å². The maximum Gasteiger partial charge on any atom is 0.251 e. The Morgan fingerprint density at radius 2 is 2.21 bits per heavy atom. The molecule has 5 nitrogen and oxygen atoms in total. The molecule has 0 saturated carbocycles. The molecule has 2 rings (SSSR count). The normalized spacial score (nSPS) is 10.2. The Morgan fingerprint density at radius 1 is 1.42 bits per heavy atom. The van der Waals surface area contributed by atoms with Gasteiger partial charge < -0.3 is 20.4 Å². The fraction of sp³-hybridized carbons (Fsp3) is 0.214. The van der Waals surface area contributed by atoms with E-state index >= 15 is 0 Å². The van der Waals surface area contributed by atoms with Crippen molar-refractivity contribution in [2.45, 2.75) is 6.54 Å². The molecule has 0 spiro atoms. The van der Waals surface area contributed by atoms with E-state index in [9.17, 15) is 4.79 Å². The zero-order chi connectivity index (χ0) is 13.8. The first-order valence-electron chi connectivity index (χ1n) is 5.97. The fourth-order valence-electron chi connectivity index (χ4n) is 1.91. The molecule has 1 amide bonds. The smallest absolute Gasteiger partial charge is 0.251 e. The van der Waals surface area contributed by atoms with Crippen molar-refractivity contribution in [3.63, 3.8) is 0 Å². The molecule has 2 aromatic rings. The average Bonchev–Trinajstić information content (AvgIpc) is 2.90. The third-order valence-electron chi connectivity index (χ3n) is 2.90. The van der Waals surface area contributed by atoms with Gasteiger partial charge in [0.2, 0.25) is 0 Å². The molecular weight excluding hydrogens is 242 g/mol. The van der Waals surface area contributed by atoms with Crippen LogP contribution in [0.3, 0.4) is 0 Å². The third kappa shape index (κ3) is 2.88. The molecule has 0 unspecified atom stereocenters. The van der Waals surface area contributed by atoms with Crippen LogP contribution in [0.4, 0.5) is 11.4 Å². The highest BCUT2D eigenvalue weighted by Gasteiger charge is 2.10. The molecule has 1 aromatic carbocycles. The van der Waals surface area contributed by atoms with Gasteiger partial charge in [-0.25, -0.2) is 0 Å². The lowest BCUT2D eigenvalue weighted by Crippen LogP contribution is -2.20. The number of rotatable bonds is 4. The van der Waals surface area contributed by atoms with Crippen LogP contribution >= 0.6 is 0 Å². The summed E-state index contributed by atoms with van der Waals surface area (Å²) in [6, 6.07) is 9.02. The van der Waals surface area contributed by atoms with Crippen LogP contribution in [0.15, 0.2) is 41.0 Å². The van der Waals surface area contributed by atoms with Gasteiger partial charge in [0, 0.05) is 19.7 Å². The van der Waals surface area contributed by atoms with E-state index in [2.05, 4.69) is 5.32 Å². The lowest BCUT2D eigenvalue weighted by atomic mass is 10.1. The number of anilines is 2. The molecule has 0 fully saturated rings. The zero-order valence-electron chi connectivity index (χ0n) is 11.0. The lowest BCUT2D eigenvalue weighted by Gasteiger charge is -2.20. The highest BCUT2D eigenvalue weighted by molar-refractivity contribution is 5.95. The van der Waals surface area contributed by atoms with Crippen molar-refractivity contribution in [2.75, 3.05) is 24.7 Å². The Morgan fingerprint density at radius 3 is 2.79 bits per heavy atom. The fourth-order valence-corrected chi connectivity index (χ4v) is 1.91. The Hall–Kier alpha value is -2.43. The molecule has 5 heteroatoms. The molecule has 0 aliphatic rings. The van der Waals surface area contributed by atoms with Crippen LogP contribution in [0, 0.1) is 0 Å². The van der Waals surface area contributed by atoms with E-state index in [1.807, 2.05) is 30.1 Å².